The van der Waals surface area contributed by atoms with Gasteiger partial charge in [0.1, 0.15) is 6.10 Å². The Morgan fingerprint density at radius 3 is 3.06 bits per heavy atom. The molecule has 1 fully saturated rings. The second-order valence-electron chi connectivity index (χ2n) is 4.30. The van der Waals surface area contributed by atoms with E-state index >= 15 is 0 Å². The quantitative estimate of drug-likeness (QED) is 0.873. The van der Waals surface area contributed by atoms with Gasteiger partial charge in [0.15, 0.2) is 11.6 Å². The highest BCUT2D eigenvalue weighted by molar-refractivity contribution is 5.30. The molecule has 94 valence electrons. The predicted molar refractivity (Wildman–Crippen MR) is 63.8 cm³/mol. The summed E-state index contributed by atoms with van der Waals surface area (Å²) in [6, 6.07) is 5.40. The molecule has 0 aliphatic carbocycles. The van der Waals surface area contributed by atoms with E-state index in [1.54, 1.807) is 25.1 Å². The molecule has 1 heterocycles. The highest BCUT2D eigenvalue weighted by Gasteiger charge is 2.27. The van der Waals surface area contributed by atoms with Gasteiger partial charge in [-0.2, -0.15) is 0 Å². The number of aryl methyl sites for hydroxylation is 1. The Kier molecular flexibility index (Phi) is 3.97. The van der Waals surface area contributed by atoms with Crippen molar-refractivity contribution in [2.75, 3.05) is 20.3 Å². The highest BCUT2D eigenvalue weighted by Crippen LogP contribution is 2.23. The van der Waals surface area contributed by atoms with Crippen LogP contribution >= 0.6 is 0 Å². The number of ether oxygens (including phenoxy) is 2. The van der Waals surface area contributed by atoms with E-state index in [1.807, 2.05) is 7.05 Å². The molecule has 17 heavy (non-hydrogen) atoms. The van der Waals surface area contributed by atoms with Gasteiger partial charge in [0, 0.05) is 12.6 Å². The molecule has 2 atom stereocenters. The van der Waals surface area contributed by atoms with Crippen LogP contribution in [0.1, 0.15) is 12.0 Å². The van der Waals surface area contributed by atoms with Crippen molar-refractivity contribution >= 4 is 0 Å². The lowest BCUT2D eigenvalue weighted by molar-refractivity contribution is -0.0144. The van der Waals surface area contributed by atoms with Crippen LogP contribution in [0.25, 0.3) is 0 Å². The van der Waals surface area contributed by atoms with E-state index in [2.05, 4.69) is 5.32 Å². The van der Waals surface area contributed by atoms with Crippen molar-refractivity contribution < 1.29 is 13.9 Å². The molecule has 1 N–H and O–H groups in total. The number of hydrogen-bond donors (Lipinski definition) is 1. The standard InChI is InChI=1S/C13H18FNO2/c1-9-4-3-5-11(13(9)14)17-12-8-16-7-6-10(12)15-2/h3-5,10,12,15H,6-8H2,1-2H3. The number of benzene rings is 1. The monoisotopic (exact) mass is 239 g/mol. The van der Waals surface area contributed by atoms with Crippen LogP contribution in [0.2, 0.25) is 0 Å². The fourth-order valence-corrected chi connectivity index (χ4v) is 2.03. The van der Waals surface area contributed by atoms with Crippen LogP contribution < -0.4 is 10.1 Å². The third-order valence-corrected chi connectivity index (χ3v) is 3.11. The first-order valence-corrected chi connectivity index (χ1v) is 5.89. The van der Waals surface area contributed by atoms with Crippen LogP contribution in [0.3, 0.4) is 0 Å². The van der Waals surface area contributed by atoms with Gasteiger partial charge in [0.05, 0.1) is 6.61 Å². The smallest absolute Gasteiger partial charge is 0.167 e. The molecule has 2 rings (SSSR count). The summed E-state index contributed by atoms with van der Waals surface area (Å²) < 4.78 is 24.9. The average Bonchev–Trinajstić information content (AvgIpc) is 2.35. The van der Waals surface area contributed by atoms with E-state index in [-0.39, 0.29) is 18.0 Å². The van der Waals surface area contributed by atoms with Crippen molar-refractivity contribution in [2.45, 2.75) is 25.5 Å². The van der Waals surface area contributed by atoms with Crippen LogP contribution in [0.5, 0.6) is 5.75 Å². The van der Waals surface area contributed by atoms with Gasteiger partial charge in [-0.1, -0.05) is 12.1 Å². The summed E-state index contributed by atoms with van der Waals surface area (Å²) in [5.74, 6) is 0.0219. The van der Waals surface area contributed by atoms with E-state index in [9.17, 15) is 4.39 Å². The fourth-order valence-electron chi connectivity index (χ4n) is 2.03. The SMILES string of the molecule is CNC1CCOCC1Oc1cccc(C)c1F. The van der Waals surface area contributed by atoms with Crippen LogP contribution in [-0.4, -0.2) is 32.4 Å². The Bertz CT molecular complexity index is 384. The van der Waals surface area contributed by atoms with Crippen molar-refractivity contribution in [3.05, 3.63) is 29.6 Å². The maximum Gasteiger partial charge on any atom is 0.167 e. The Morgan fingerprint density at radius 2 is 2.29 bits per heavy atom. The van der Waals surface area contributed by atoms with Gasteiger partial charge in [0.25, 0.3) is 0 Å². The van der Waals surface area contributed by atoms with Crippen LogP contribution in [0.15, 0.2) is 18.2 Å². The average molecular weight is 239 g/mol. The Balaban J connectivity index is 2.11. The van der Waals surface area contributed by atoms with Crippen LogP contribution in [0.4, 0.5) is 4.39 Å². The molecule has 1 aliphatic rings. The molecule has 0 saturated carbocycles. The molecule has 0 aromatic heterocycles. The number of nitrogens with one attached hydrogen (secondary N) is 1. The summed E-state index contributed by atoms with van der Waals surface area (Å²) in [6.07, 6.45) is 0.749. The second-order valence-corrected chi connectivity index (χ2v) is 4.30. The molecule has 1 saturated heterocycles. The third kappa shape index (κ3) is 2.76. The Hall–Kier alpha value is -1.13. The largest absolute Gasteiger partial charge is 0.483 e. The zero-order chi connectivity index (χ0) is 12.3. The Morgan fingerprint density at radius 1 is 1.47 bits per heavy atom. The van der Waals surface area contributed by atoms with Gasteiger partial charge < -0.3 is 14.8 Å². The maximum absolute atomic E-state index is 13.8. The molecule has 1 aliphatic heterocycles. The number of rotatable bonds is 3. The molecule has 4 heteroatoms. The van der Waals surface area contributed by atoms with E-state index in [4.69, 9.17) is 9.47 Å². The molecule has 0 bridgehead atoms. The number of likely N-dealkylation sites (N-methyl/N-ethyl adjacent to an activating group) is 1. The molecule has 0 spiro atoms. The van der Waals surface area contributed by atoms with E-state index < -0.39 is 0 Å². The van der Waals surface area contributed by atoms with Crippen LogP contribution in [-0.2, 0) is 4.74 Å². The third-order valence-electron chi connectivity index (χ3n) is 3.11. The first-order valence-electron chi connectivity index (χ1n) is 5.89. The van der Waals surface area contributed by atoms with Crippen LogP contribution in [0, 0.1) is 12.7 Å². The van der Waals surface area contributed by atoms with Gasteiger partial charge in [-0.15, -0.1) is 0 Å². The summed E-state index contributed by atoms with van der Waals surface area (Å²) in [4.78, 5) is 0. The minimum atomic E-state index is -0.284. The topological polar surface area (TPSA) is 30.5 Å². The van der Waals surface area contributed by atoms with Gasteiger partial charge in [-0.25, -0.2) is 4.39 Å². The lowest BCUT2D eigenvalue weighted by Gasteiger charge is -2.31. The number of halogens is 1. The minimum Gasteiger partial charge on any atom is -0.483 e. The van der Waals surface area contributed by atoms with E-state index in [0.29, 0.717) is 17.9 Å². The molecular formula is C13H18FNO2. The summed E-state index contributed by atoms with van der Waals surface area (Å²) in [5, 5.41) is 3.18. The maximum atomic E-state index is 13.8. The summed E-state index contributed by atoms with van der Waals surface area (Å²) in [7, 11) is 1.89. The molecule has 2 unspecified atom stereocenters. The molecule has 1 aromatic carbocycles. The van der Waals surface area contributed by atoms with Crippen molar-refractivity contribution in [2.24, 2.45) is 0 Å². The van der Waals surface area contributed by atoms with E-state index in [0.717, 1.165) is 13.0 Å². The lowest BCUT2D eigenvalue weighted by Crippen LogP contribution is -2.48. The van der Waals surface area contributed by atoms with Gasteiger partial charge in [0.2, 0.25) is 0 Å². The van der Waals surface area contributed by atoms with Crippen molar-refractivity contribution in [3.63, 3.8) is 0 Å². The van der Waals surface area contributed by atoms with Gasteiger partial charge >= 0.3 is 0 Å². The van der Waals surface area contributed by atoms with E-state index in [1.165, 1.54) is 0 Å². The number of hydrogen-bond acceptors (Lipinski definition) is 3. The zero-order valence-corrected chi connectivity index (χ0v) is 10.2. The molecular weight excluding hydrogens is 221 g/mol. The molecule has 3 nitrogen and oxygen atoms in total. The Labute approximate surface area is 101 Å². The molecule has 1 aromatic rings. The summed E-state index contributed by atoms with van der Waals surface area (Å²) in [6.45, 7) is 2.95. The summed E-state index contributed by atoms with van der Waals surface area (Å²) >= 11 is 0. The van der Waals surface area contributed by atoms with Crippen molar-refractivity contribution in [1.82, 2.24) is 5.32 Å². The van der Waals surface area contributed by atoms with Gasteiger partial charge in [-0.3, -0.25) is 0 Å². The summed E-state index contributed by atoms with van der Waals surface area (Å²) in [5.41, 5.74) is 0.597. The zero-order valence-electron chi connectivity index (χ0n) is 10.2. The lowest BCUT2D eigenvalue weighted by atomic mass is 10.1. The van der Waals surface area contributed by atoms with Gasteiger partial charge in [-0.05, 0) is 32.0 Å². The normalized spacial score (nSPS) is 24.6. The highest BCUT2D eigenvalue weighted by atomic mass is 19.1. The molecule has 0 amide bonds. The molecule has 0 radical (unpaired) electrons. The second kappa shape index (κ2) is 5.47. The minimum absolute atomic E-state index is 0.134. The first-order chi connectivity index (χ1) is 8.22. The van der Waals surface area contributed by atoms with Crippen molar-refractivity contribution in [3.8, 4) is 5.75 Å². The van der Waals surface area contributed by atoms with Crippen molar-refractivity contribution in [1.29, 1.82) is 0 Å². The first kappa shape index (κ1) is 12.3. The fraction of sp³-hybridized carbons (Fsp3) is 0.538. The predicted octanol–water partition coefficient (Wildman–Crippen LogP) is 1.89.